The molecule has 2 aromatic heterocycles. The zero-order valence-corrected chi connectivity index (χ0v) is 10.7. The third kappa shape index (κ3) is 2.73. The minimum atomic E-state index is 0.831. The molecule has 4 heteroatoms. The van der Waals surface area contributed by atoms with E-state index in [-0.39, 0.29) is 0 Å². The minimum Gasteiger partial charge on any atom is -0.361 e. The molecule has 0 spiro atoms. The number of imidazole rings is 1. The first-order valence-electron chi connectivity index (χ1n) is 6.45. The van der Waals surface area contributed by atoms with Gasteiger partial charge in [0, 0.05) is 54.4 Å². The van der Waals surface area contributed by atoms with Gasteiger partial charge in [0.2, 0.25) is 0 Å². The number of aromatic amines is 1. The fourth-order valence-corrected chi connectivity index (χ4v) is 2.13. The molecule has 0 aliphatic rings. The highest BCUT2D eigenvalue weighted by Gasteiger charge is 1.98. The number of aromatic nitrogens is 3. The van der Waals surface area contributed by atoms with E-state index in [1.807, 2.05) is 37.1 Å². The van der Waals surface area contributed by atoms with Gasteiger partial charge in [-0.3, -0.25) is 4.99 Å². The zero-order valence-electron chi connectivity index (χ0n) is 10.7. The quantitative estimate of drug-likeness (QED) is 0.551. The van der Waals surface area contributed by atoms with Gasteiger partial charge in [-0.15, -0.1) is 0 Å². The molecule has 0 saturated carbocycles. The van der Waals surface area contributed by atoms with Crippen molar-refractivity contribution >= 4 is 17.1 Å². The van der Waals surface area contributed by atoms with Crippen molar-refractivity contribution in [3.8, 4) is 0 Å². The van der Waals surface area contributed by atoms with Crippen molar-refractivity contribution in [3.63, 3.8) is 0 Å². The van der Waals surface area contributed by atoms with Crippen LogP contribution in [0.2, 0.25) is 0 Å². The number of hydrogen-bond donors (Lipinski definition) is 1. The third-order valence-corrected chi connectivity index (χ3v) is 3.11. The number of benzene rings is 1. The van der Waals surface area contributed by atoms with Crippen molar-refractivity contribution < 1.29 is 0 Å². The van der Waals surface area contributed by atoms with Crippen LogP contribution in [0.25, 0.3) is 10.9 Å². The maximum absolute atomic E-state index is 4.48. The van der Waals surface area contributed by atoms with Crippen molar-refractivity contribution in [2.75, 3.05) is 6.54 Å². The molecule has 4 nitrogen and oxygen atoms in total. The second-order valence-electron chi connectivity index (χ2n) is 4.48. The summed E-state index contributed by atoms with van der Waals surface area (Å²) < 4.78 is 2.07. The molecule has 0 saturated heterocycles. The first-order chi connectivity index (χ1) is 9.43. The number of rotatable bonds is 5. The van der Waals surface area contributed by atoms with Crippen LogP contribution in [0.15, 0.2) is 54.2 Å². The van der Waals surface area contributed by atoms with Crippen molar-refractivity contribution in [1.29, 1.82) is 0 Å². The summed E-state index contributed by atoms with van der Waals surface area (Å²) in [4.78, 5) is 11.7. The molecule has 0 aliphatic carbocycles. The van der Waals surface area contributed by atoms with Crippen LogP contribution in [0, 0.1) is 0 Å². The Bertz CT molecular complexity index is 664. The lowest BCUT2D eigenvalue weighted by molar-refractivity contribution is 0.651. The van der Waals surface area contributed by atoms with Crippen LogP contribution in [-0.4, -0.2) is 27.3 Å². The number of H-pyrrole nitrogens is 1. The molecule has 0 bridgehead atoms. The monoisotopic (exact) mass is 252 g/mol. The van der Waals surface area contributed by atoms with Gasteiger partial charge in [-0.05, 0) is 12.5 Å². The Morgan fingerprint density at radius 2 is 2.26 bits per heavy atom. The second kappa shape index (κ2) is 5.52. The van der Waals surface area contributed by atoms with E-state index in [1.54, 1.807) is 6.20 Å². The Labute approximate surface area is 111 Å². The molecule has 19 heavy (non-hydrogen) atoms. The SMILES string of the molecule is C(=NCCCn1ccnc1)c1c[nH]c2ccccc12. The van der Waals surface area contributed by atoms with Crippen LogP contribution in [-0.2, 0) is 6.54 Å². The molecule has 0 atom stereocenters. The molecule has 96 valence electrons. The van der Waals surface area contributed by atoms with E-state index in [9.17, 15) is 0 Å². The van der Waals surface area contributed by atoms with Gasteiger partial charge in [0.15, 0.2) is 0 Å². The van der Waals surface area contributed by atoms with Gasteiger partial charge in [0.05, 0.1) is 6.33 Å². The van der Waals surface area contributed by atoms with Crippen LogP contribution >= 0.6 is 0 Å². The second-order valence-corrected chi connectivity index (χ2v) is 4.48. The molecular formula is C15H16N4. The number of aliphatic imine (C=N–C) groups is 1. The summed E-state index contributed by atoms with van der Waals surface area (Å²) in [6.07, 6.45) is 10.6. The minimum absolute atomic E-state index is 0.831. The Morgan fingerprint density at radius 3 is 3.16 bits per heavy atom. The molecule has 0 amide bonds. The average molecular weight is 252 g/mol. The fraction of sp³-hybridized carbons (Fsp3) is 0.200. The van der Waals surface area contributed by atoms with E-state index in [0.717, 1.165) is 30.6 Å². The zero-order chi connectivity index (χ0) is 12.9. The van der Waals surface area contributed by atoms with Gasteiger partial charge >= 0.3 is 0 Å². The fourth-order valence-electron chi connectivity index (χ4n) is 2.13. The van der Waals surface area contributed by atoms with Gasteiger partial charge in [0.1, 0.15) is 0 Å². The third-order valence-electron chi connectivity index (χ3n) is 3.11. The average Bonchev–Trinajstić information content (AvgIpc) is 3.08. The van der Waals surface area contributed by atoms with Crippen molar-refractivity contribution in [2.45, 2.75) is 13.0 Å². The Balaban J connectivity index is 1.57. The van der Waals surface area contributed by atoms with E-state index >= 15 is 0 Å². The smallest absolute Gasteiger partial charge is 0.0945 e. The van der Waals surface area contributed by atoms with E-state index in [1.165, 1.54) is 5.39 Å². The Kier molecular flexibility index (Phi) is 3.40. The largest absolute Gasteiger partial charge is 0.361 e. The summed E-state index contributed by atoms with van der Waals surface area (Å²) in [6, 6.07) is 8.27. The van der Waals surface area contributed by atoms with Gasteiger partial charge < -0.3 is 9.55 Å². The van der Waals surface area contributed by atoms with Gasteiger partial charge in [-0.1, -0.05) is 18.2 Å². The molecule has 0 radical (unpaired) electrons. The molecule has 3 rings (SSSR count). The number of nitrogens with one attached hydrogen (secondary N) is 1. The van der Waals surface area contributed by atoms with Crippen LogP contribution in [0.5, 0.6) is 0 Å². The number of nitrogens with zero attached hydrogens (tertiary/aromatic N) is 3. The molecule has 0 fully saturated rings. The molecular weight excluding hydrogens is 236 g/mol. The topological polar surface area (TPSA) is 46.0 Å². The highest BCUT2D eigenvalue weighted by atomic mass is 15.0. The highest BCUT2D eigenvalue weighted by Crippen LogP contribution is 2.15. The normalized spacial score (nSPS) is 11.6. The lowest BCUT2D eigenvalue weighted by atomic mass is 10.2. The van der Waals surface area contributed by atoms with E-state index in [2.05, 4.69) is 31.7 Å². The van der Waals surface area contributed by atoms with Crippen LogP contribution in [0.4, 0.5) is 0 Å². The van der Waals surface area contributed by atoms with Crippen LogP contribution < -0.4 is 0 Å². The summed E-state index contributed by atoms with van der Waals surface area (Å²) in [5.41, 5.74) is 2.31. The standard InChI is InChI=1S/C15H16N4/c1-2-5-15-14(4-1)13(11-18-15)10-16-6-3-8-19-9-7-17-12-19/h1-2,4-5,7,9-12,18H,3,6,8H2. The Morgan fingerprint density at radius 1 is 1.32 bits per heavy atom. The summed E-state index contributed by atoms with van der Waals surface area (Å²) in [6.45, 7) is 1.79. The number of hydrogen-bond acceptors (Lipinski definition) is 2. The van der Waals surface area contributed by atoms with Crippen molar-refractivity contribution in [1.82, 2.24) is 14.5 Å². The lowest BCUT2D eigenvalue weighted by Crippen LogP contribution is -1.96. The van der Waals surface area contributed by atoms with E-state index in [4.69, 9.17) is 0 Å². The highest BCUT2D eigenvalue weighted by molar-refractivity contribution is 5.98. The van der Waals surface area contributed by atoms with E-state index < -0.39 is 0 Å². The summed E-state index contributed by atoms with van der Waals surface area (Å²) in [5, 5.41) is 1.22. The first kappa shape index (κ1) is 11.7. The molecule has 0 aliphatic heterocycles. The van der Waals surface area contributed by atoms with Crippen LogP contribution in [0.3, 0.4) is 0 Å². The van der Waals surface area contributed by atoms with E-state index in [0.29, 0.717) is 0 Å². The van der Waals surface area contributed by atoms with Crippen molar-refractivity contribution in [2.24, 2.45) is 4.99 Å². The predicted octanol–water partition coefficient (Wildman–Crippen LogP) is 2.87. The van der Waals surface area contributed by atoms with Gasteiger partial charge in [-0.2, -0.15) is 0 Å². The molecule has 2 heterocycles. The van der Waals surface area contributed by atoms with Gasteiger partial charge in [-0.25, -0.2) is 4.98 Å². The summed E-state index contributed by atoms with van der Waals surface area (Å²) in [5.74, 6) is 0. The maximum Gasteiger partial charge on any atom is 0.0945 e. The number of para-hydroxylation sites is 1. The Hall–Kier alpha value is -2.36. The molecule has 3 aromatic rings. The van der Waals surface area contributed by atoms with Crippen LogP contribution in [0.1, 0.15) is 12.0 Å². The molecule has 1 aromatic carbocycles. The number of fused-ring (bicyclic) bond motifs is 1. The lowest BCUT2D eigenvalue weighted by Gasteiger charge is -1.98. The van der Waals surface area contributed by atoms with Crippen molar-refractivity contribution in [3.05, 3.63) is 54.7 Å². The maximum atomic E-state index is 4.48. The summed E-state index contributed by atoms with van der Waals surface area (Å²) in [7, 11) is 0. The predicted molar refractivity (Wildman–Crippen MR) is 77.6 cm³/mol. The molecule has 0 unspecified atom stereocenters. The first-order valence-corrected chi connectivity index (χ1v) is 6.45. The summed E-state index contributed by atoms with van der Waals surface area (Å²) >= 11 is 0. The number of aryl methyl sites for hydroxylation is 1. The van der Waals surface area contributed by atoms with Gasteiger partial charge in [0.25, 0.3) is 0 Å². The molecule has 1 N–H and O–H groups in total.